The Kier molecular flexibility index (Phi) is 5.85. The van der Waals surface area contributed by atoms with E-state index in [1.807, 2.05) is 37.4 Å². The molecular formula is C12H19NO2S2. The molecule has 0 heterocycles. The van der Waals surface area contributed by atoms with E-state index in [2.05, 4.69) is 5.32 Å². The topological polar surface area (TPSA) is 46.2 Å². The normalized spacial score (nSPS) is 11.4. The van der Waals surface area contributed by atoms with Gasteiger partial charge in [-0.1, -0.05) is 13.0 Å². The minimum absolute atomic E-state index is 0.199. The smallest absolute Gasteiger partial charge is 0.152 e. The molecule has 1 aromatic rings. The predicted molar refractivity (Wildman–Crippen MR) is 75.7 cm³/mol. The van der Waals surface area contributed by atoms with Crippen molar-refractivity contribution in [2.45, 2.75) is 18.2 Å². The van der Waals surface area contributed by atoms with Crippen molar-refractivity contribution in [1.82, 2.24) is 0 Å². The highest BCUT2D eigenvalue weighted by atomic mass is 32.2. The Balaban J connectivity index is 2.45. The summed E-state index contributed by atoms with van der Waals surface area (Å²) >= 11 is 1.67. The van der Waals surface area contributed by atoms with Crippen LogP contribution in [0.5, 0.6) is 0 Å². The lowest BCUT2D eigenvalue weighted by molar-refractivity contribution is 0.595. The van der Waals surface area contributed by atoms with Crippen molar-refractivity contribution in [3.63, 3.8) is 0 Å². The first-order chi connectivity index (χ1) is 8.07. The zero-order valence-corrected chi connectivity index (χ0v) is 11.9. The first kappa shape index (κ1) is 14.4. The number of rotatable bonds is 7. The summed E-state index contributed by atoms with van der Waals surface area (Å²) in [4.78, 5) is 1.17. The summed E-state index contributed by atoms with van der Waals surface area (Å²) in [6.45, 7) is 2.35. The molecule has 0 aliphatic heterocycles. The molecule has 0 atom stereocenters. The van der Waals surface area contributed by atoms with Gasteiger partial charge in [-0.15, -0.1) is 11.8 Å². The van der Waals surface area contributed by atoms with Gasteiger partial charge in [0.25, 0.3) is 0 Å². The number of benzene rings is 1. The molecule has 0 aliphatic carbocycles. The Morgan fingerprint density at radius 3 is 2.71 bits per heavy atom. The van der Waals surface area contributed by atoms with E-state index >= 15 is 0 Å². The molecule has 0 saturated heterocycles. The highest BCUT2D eigenvalue weighted by molar-refractivity contribution is 7.98. The zero-order chi connectivity index (χ0) is 12.7. The van der Waals surface area contributed by atoms with Gasteiger partial charge in [0.1, 0.15) is 0 Å². The predicted octanol–water partition coefficient (Wildman–Crippen LogP) is 2.65. The van der Waals surface area contributed by atoms with E-state index in [9.17, 15) is 8.42 Å². The number of sulfone groups is 1. The van der Waals surface area contributed by atoms with Gasteiger partial charge in [-0.3, -0.25) is 0 Å². The monoisotopic (exact) mass is 273 g/mol. The summed E-state index contributed by atoms with van der Waals surface area (Å²) in [5.41, 5.74) is 0.976. The maximum atomic E-state index is 11.5. The van der Waals surface area contributed by atoms with E-state index in [-0.39, 0.29) is 11.5 Å². The Hall–Kier alpha value is -0.680. The second kappa shape index (κ2) is 6.91. The number of anilines is 1. The maximum Gasteiger partial charge on any atom is 0.152 e. The fourth-order valence-electron chi connectivity index (χ4n) is 1.50. The molecule has 0 aliphatic rings. The van der Waals surface area contributed by atoms with Gasteiger partial charge in [-0.2, -0.15) is 0 Å². The maximum absolute atomic E-state index is 11.5. The lowest BCUT2D eigenvalue weighted by atomic mass is 10.3. The van der Waals surface area contributed by atoms with Crippen LogP contribution in [0.2, 0.25) is 0 Å². The molecule has 0 saturated carbocycles. The highest BCUT2D eigenvalue weighted by Crippen LogP contribution is 2.18. The lowest BCUT2D eigenvalue weighted by Crippen LogP contribution is -2.18. The molecule has 0 radical (unpaired) electrons. The molecule has 96 valence electrons. The molecule has 5 heteroatoms. The molecule has 0 fully saturated rings. The molecule has 1 aromatic carbocycles. The summed E-state index contributed by atoms with van der Waals surface area (Å²) in [5, 5.41) is 3.14. The molecular weight excluding hydrogens is 254 g/mol. The van der Waals surface area contributed by atoms with Gasteiger partial charge in [0, 0.05) is 22.9 Å². The number of hydrogen-bond donors (Lipinski definition) is 1. The molecule has 3 nitrogen and oxygen atoms in total. The minimum Gasteiger partial charge on any atom is -0.384 e. The van der Waals surface area contributed by atoms with Crippen molar-refractivity contribution < 1.29 is 8.42 Å². The summed E-state index contributed by atoms with van der Waals surface area (Å²) in [5.74, 6) is 0.476. The Bertz CT molecular complexity index is 444. The van der Waals surface area contributed by atoms with Gasteiger partial charge >= 0.3 is 0 Å². The summed E-state index contributed by atoms with van der Waals surface area (Å²) in [6, 6.07) is 7.97. The summed E-state index contributed by atoms with van der Waals surface area (Å²) in [7, 11) is -2.89. The fourth-order valence-corrected chi connectivity index (χ4v) is 3.20. The standard InChI is InChI=1S/C12H19NO2S2/c1-3-8-17(14,15)9-7-13-11-5-4-6-12(10-11)16-2/h4-6,10,13H,3,7-9H2,1-2H3. The number of hydrogen-bond acceptors (Lipinski definition) is 4. The van der Waals surface area contributed by atoms with Crippen LogP contribution < -0.4 is 5.32 Å². The first-order valence-corrected chi connectivity index (χ1v) is 8.70. The van der Waals surface area contributed by atoms with Gasteiger partial charge in [-0.05, 0) is 30.9 Å². The Labute approximate surface area is 108 Å². The van der Waals surface area contributed by atoms with E-state index in [1.54, 1.807) is 11.8 Å². The van der Waals surface area contributed by atoms with Crippen LogP contribution in [0.3, 0.4) is 0 Å². The van der Waals surface area contributed by atoms with Gasteiger partial charge in [-0.25, -0.2) is 8.42 Å². The third kappa shape index (κ3) is 5.46. The van der Waals surface area contributed by atoms with Crippen LogP contribution in [0.25, 0.3) is 0 Å². The van der Waals surface area contributed by atoms with Gasteiger partial charge < -0.3 is 5.32 Å². The Morgan fingerprint density at radius 1 is 1.29 bits per heavy atom. The van der Waals surface area contributed by atoms with E-state index in [1.165, 1.54) is 4.90 Å². The Morgan fingerprint density at radius 2 is 2.06 bits per heavy atom. The molecule has 1 N–H and O–H groups in total. The molecule has 1 rings (SSSR count). The number of thioether (sulfide) groups is 1. The molecule has 0 bridgehead atoms. The minimum atomic E-state index is -2.89. The first-order valence-electron chi connectivity index (χ1n) is 5.66. The third-order valence-electron chi connectivity index (χ3n) is 2.33. The van der Waals surface area contributed by atoms with Crippen molar-refractivity contribution in [2.24, 2.45) is 0 Å². The van der Waals surface area contributed by atoms with Crippen molar-refractivity contribution >= 4 is 27.3 Å². The third-order valence-corrected chi connectivity index (χ3v) is 4.91. The average molecular weight is 273 g/mol. The van der Waals surface area contributed by atoms with Crippen LogP contribution in [0.15, 0.2) is 29.2 Å². The van der Waals surface area contributed by atoms with Crippen LogP contribution >= 0.6 is 11.8 Å². The van der Waals surface area contributed by atoms with Crippen molar-refractivity contribution in [1.29, 1.82) is 0 Å². The van der Waals surface area contributed by atoms with Gasteiger partial charge in [0.2, 0.25) is 0 Å². The molecule has 0 spiro atoms. The summed E-state index contributed by atoms with van der Waals surface area (Å²) in [6.07, 6.45) is 2.70. The summed E-state index contributed by atoms with van der Waals surface area (Å²) < 4.78 is 23.0. The average Bonchev–Trinajstić information content (AvgIpc) is 2.29. The molecule has 17 heavy (non-hydrogen) atoms. The van der Waals surface area contributed by atoms with Crippen molar-refractivity contribution in [3.05, 3.63) is 24.3 Å². The lowest BCUT2D eigenvalue weighted by Gasteiger charge is -2.07. The van der Waals surface area contributed by atoms with Crippen LogP contribution in [-0.2, 0) is 9.84 Å². The largest absolute Gasteiger partial charge is 0.384 e. The van der Waals surface area contributed by atoms with E-state index in [0.29, 0.717) is 13.0 Å². The number of nitrogens with one attached hydrogen (secondary N) is 1. The zero-order valence-electron chi connectivity index (χ0n) is 10.3. The second-order valence-corrected chi connectivity index (χ2v) is 6.99. The molecule has 0 amide bonds. The van der Waals surface area contributed by atoms with Crippen LogP contribution in [0.4, 0.5) is 5.69 Å². The van der Waals surface area contributed by atoms with E-state index in [0.717, 1.165) is 5.69 Å². The van der Waals surface area contributed by atoms with Crippen LogP contribution in [-0.4, -0.2) is 32.7 Å². The molecule has 0 aromatic heterocycles. The van der Waals surface area contributed by atoms with Crippen LogP contribution in [0, 0.1) is 0 Å². The SMILES string of the molecule is CCCS(=O)(=O)CCNc1cccc(SC)c1. The van der Waals surface area contributed by atoms with Crippen LogP contribution in [0.1, 0.15) is 13.3 Å². The quantitative estimate of drug-likeness (QED) is 0.776. The van der Waals surface area contributed by atoms with Gasteiger partial charge in [0.15, 0.2) is 9.84 Å². The van der Waals surface area contributed by atoms with E-state index in [4.69, 9.17) is 0 Å². The van der Waals surface area contributed by atoms with E-state index < -0.39 is 9.84 Å². The second-order valence-electron chi connectivity index (χ2n) is 3.81. The van der Waals surface area contributed by atoms with Gasteiger partial charge in [0.05, 0.1) is 5.75 Å². The fraction of sp³-hybridized carbons (Fsp3) is 0.500. The van der Waals surface area contributed by atoms with Crippen molar-refractivity contribution in [2.75, 3.05) is 29.6 Å². The highest BCUT2D eigenvalue weighted by Gasteiger charge is 2.08. The van der Waals surface area contributed by atoms with Crippen molar-refractivity contribution in [3.8, 4) is 0 Å². The molecule has 0 unspecified atom stereocenters.